The summed E-state index contributed by atoms with van der Waals surface area (Å²) in [5, 5.41) is 0. The fraction of sp³-hybridized carbons (Fsp3) is 1.00. The molecule has 0 spiro atoms. The molecule has 0 aromatic rings. The molecule has 4 nitrogen and oxygen atoms in total. The van der Waals surface area contributed by atoms with E-state index in [0.29, 0.717) is 0 Å². The van der Waals surface area contributed by atoms with E-state index in [2.05, 4.69) is 6.92 Å². The molecule has 1 atom stereocenters. The van der Waals surface area contributed by atoms with Crippen molar-refractivity contribution in [3.8, 4) is 0 Å². The van der Waals surface area contributed by atoms with Crippen molar-refractivity contribution in [3.63, 3.8) is 0 Å². The fourth-order valence-electron chi connectivity index (χ4n) is 1.92. The summed E-state index contributed by atoms with van der Waals surface area (Å²) in [5.74, 6) is 0.0834. The van der Waals surface area contributed by atoms with Crippen LogP contribution in [0.2, 0.25) is 6.04 Å². The highest BCUT2D eigenvalue weighted by molar-refractivity contribution is 7.13. The molecule has 0 aromatic carbocycles. The third-order valence-electron chi connectivity index (χ3n) is 2.77. The van der Waals surface area contributed by atoms with Gasteiger partial charge in [0.15, 0.2) is 0 Å². The van der Waals surface area contributed by atoms with Crippen LogP contribution >= 0.6 is 0 Å². The van der Waals surface area contributed by atoms with Gasteiger partial charge >= 0.3 is 0 Å². The molecule has 0 saturated carbocycles. The van der Waals surface area contributed by atoms with Gasteiger partial charge in [-0.2, -0.15) is 0 Å². The number of rotatable bonds is 12. The van der Waals surface area contributed by atoms with Crippen molar-refractivity contribution < 1.29 is 18.9 Å². The summed E-state index contributed by atoms with van der Waals surface area (Å²) in [4.78, 5) is 0. The van der Waals surface area contributed by atoms with E-state index >= 15 is 0 Å². The smallest absolute Gasteiger partial charge is 0.135 e. The fourth-order valence-corrected chi connectivity index (χ4v) is 9.81. The van der Waals surface area contributed by atoms with Gasteiger partial charge in [0.05, 0.1) is 17.4 Å². The molecule has 0 bridgehead atoms. The maximum Gasteiger partial charge on any atom is 0.135 e. The minimum atomic E-state index is -1.04. The molecular formula is C12H30O4Si2. The van der Waals surface area contributed by atoms with Gasteiger partial charge in [0.1, 0.15) is 11.8 Å². The van der Waals surface area contributed by atoms with Crippen molar-refractivity contribution >= 4 is 17.4 Å². The van der Waals surface area contributed by atoms with Gasteiger partial charge in [-0.3, -0.25) is 0 Å². The van der Waals surface area contributed by atoms with Crippen molar-refractivity contribution in [2.24, 2.45) is 0 Å². The van der Waals surface area contributed by atoms with Crippen LogP contribution in [0.25, 0.3) is 0 Å². The van der Waals surface area contributed by atoms with Crippen LogP contribution in [0.4, 0.5) is 0 Å². The van der Waals surface area contributed by atoms with Gasteiger partial charge in [-0.1, -0.05) is 13.0 Å². The molecule has 0 rings (SSSR count). The van der Waals surface area contributed by atoms with Gasteiger partial charge in [-0.15, -0.1) is 0 Å². The summed E-state index contributed by atoms with van der Waals surface area (Å²) < 4.78 is 22.9. The van der Waals surface area contributed by atoms with Gasteiger partial charge in [-0.25, -0.2) is 0 Å². The van der Waals surface area contributed by atoms with Gasteiger partial charge < -0.3 is 18.9 Å². The normalized spacial score (nSPS) is 14.2. The Morgan fingerprint density at radius 3 is 1.56 bits per heavy atom. The molecule has 0 aliphatic rings. The van der Waals surface area contributed by atoms with Gasteiger partial charge in [0.25, 0.3) is 0 Å². The Hall–Kier alpha value is 0.274. The van der Waals surface area contributed by atoms with Gasteiger partial charge in [0.2, 0.25) is 0 Å². The standard InChI is InChI=1S/C12H30O4Si2/c1-6-13-11(14-7-2)17-18(10-5)12(15-8-3)16-9-4/h11-12,18H,6-10,17H2,1-5H3. The molecule has 6 heteroatoms. The largest absolute Gasteiger partial charge is 0.358 e. The highest BCUT2D eigenvalue weighted by Crippen LogP contribution is 2.08. The number of hydrogen-bond donors (Lipinski definition) is 0. The topological polar surface area (TPSA) is 36.9 Å². The van der Waals surface area contributed by atoms with Crippen molar-refractivity contribution in [3.05, 3.63) is 0 Å². The molecule has 1 unspecified atom stereocenters. The minimum Gasteiger partial charge on any atom is -0.358 e. The van der Waals surface area contributed by atoms with Crippen molar-refractivity contribution in [2.45, 2.75) is 52.5 Å². The van der Waals surface area contributed by atoms with E-state index in [-0.39, 0.29) is 11.8 Å². The molecule has 0 aliphatic carbocycles. The zero-order valence-corrected chi connectivity index (χ0v) is 15.2. The van der Waals surface area contributed by atoms with Crippen molar-refractivity contribution in [1.29, 1.82) is 0 Å². The van der Waals surface area contributed by atoms with E-state index in [0.717, 1.165) is 26.4 Å². The average Bonchev–Trinajstić information content (AvgIpc) is 2.36. The summed E-state index contributed by atoms with van der Waals surface area (Å²) in [6.45, 7) is 13.2. The van der Waals surface area contributed by atoms with E-state index in [1.54, 1.807) is 0 Å². The van der Waals surface area contributed by atoms with Crippen LogP contribution < -0.4 is 0 Å². The Balaban J connectivity index is 4.39. The van der Waals surface area contributed by atoms with Crippen LogP contribution in [0.3, 0.4) is 0 Å². The van der Waals surface area contributed by atoms with Crippen LogP contribution in [0.15, 0.2) is 0 Å². The van der Waals surface area contributed by atoms with Gasteiger partial charge in [-0.05, 0) is 27.7 Å². The van der Waals surface area contributed by atoms with Gasteiger partial charge in [0, 0.05) is 26.4 Å². The lowest BCUT2D eigenvalue weighted by atomic mass is 10.8. The molecule has 0 amide bonds. The summed E-state index contributed by atoms with van der Waals surface area (Å²) in [7, 11) is -1.47. The third-order valence-corrected chi connectivity index (χ3v) is 12.3. The minimum absolute atomic E-state index is 0.0417. The number of hydrogen-bond acceptors (Lipinski definition) is 4. The quantitative estimate of drug-likeness (QED) is 0.400. The van der Waals surface area contributed by atoms with E-state index in [1.807, 2.05) is 27.7 Å². The zero-order chi connectivity index (χ0) is 13.8. The molecule has 0 aliphatic heterocycles. The second-order valence-electron chi connectivity index (χ2n) is 4.02. The van der Waals surface area contributed by atoms with E-state index < -0.39 is 17.4 Å². The summed E-state index contributed by atoms with van der Waals surface area (Å²) in [6.07, 6.45) is 0. The van der Waals surface area contributed by atoms with E-state index in [9.17, 15) is 0 Å². The van der Waals surface area contributed by atoms with Crippen LogP contribution in [-0.2, 0) is 18.9 Å². The predicted octanol–water partition coefficient (Wildman–Crippen LogP) is 1.19. The van der Waals surface area contributed by atoms with Crippen LogP contribution in [0, 0.1) is 0 Å². The van der Waals surface area contributed by atoms with Crippen molar-refractivity contribution in [1.82, 2.24) is 0 Å². The van der Waals surface area contributed by atoms with E-state index in [4.69, 9.17) is 18.9 Å². The second-order valence-corrected chi connectivity index (χ2v) is 12.6. The first-order valence-electron chi connectivity index (χ1n) is 7.19. The SMILES string of the molecule is CCOC(OCC)[SiH2][SiH](CC)C(OCC)OCC. The lowest BCUT2D eigenvalue weighted by Gasteiger charge is -2.27. The lowest BCUT2D eigenvalue weighted by molar-refractivity contribution is -0.0892. The Kier molecular flexibility index (Phi) is 12.5. The second kappa shape index (κ2) is 12.3. The molecule has 18 heavy (non-hydrogen) atoms. The first kappa shape index (κ1) is 18.3. The highest BCUT2D eigenvalue weighted by atomic mass is 29.2. The predicted molar refractivity (Wildman–Crippen MR) is 80.3 cm³/mol. The zero-order valence-electron chi connectivity index (χ0n) is 12.6. The summed E-state index contributed by atoms with van der Waals surface area (Å²) in [6, 6.07) is 1.19. The molecule has 0 heterocycles. The van der Waals surface area contributed by atoms with Crippen molar-refractivity contribution in [2.75, 3.05) is 26.4 Å². The molecule has 0 aromatic heterocycles. The maximum absolute atomic E-state index is 5.76. The molecule has 0 saturated heterocycles. The molecule has 0 N–H and O–H groups in total. The average molecular weight is 295 g/mol. The summed E-state index contributed by atoms with van der Waals surface area (Å²) in [5.41, 5.74) is 0. The Bertz CT molecular complexity index is 171. The lowest BCUT2D eigenvalue weighted by Crippen LogP contribution is -2.46. The van der Waals surface area contributed by atoms with Crippen LogP contribution in [0.5, 0.6) is 0 Å². The third kappa shape index (κ3) is 7.65. The maximum atomic E-state index is 5.76. The van der Waals surface area contributed by atoms with Crippen LogP contribution in [-0.4, -0.2) is 55.6 Å². The van der Waals surface area contributed by atoms with Crippen LogP contribution in [0.1, 0.15) is 34.6 Å². The molecule has 0 fully saturated rings. The molecule has 110 valence electrons. The highest BCUT2D eigenvalue weighted by Gasteiger charge is 2.27. The molecular weight excluding hydrogens is 264 g/mol. The first-order chi connectivity index (χ1) is 8.73. The molecule has 0 radical (unpaired) electrons. The van der Waals surface area contributed by atoms with E-state index in [1.165, 1.54) is 6.04 Å². The Labute approximate surface area is 116 Å². The summed E-state index contributed by atoms with van der Waals surface area (Å²) >= 11 is 0. The number of ether oxygens (including phenoxy) is 4. The Morgan fingerprint density at radius 2 is 1.22 bits per heavy atom. The Morgan fingerprint density at radius 1 is 0.778 bits per heavy atom. The monoisotopic (exact) mass is 294 g/mol. The first-order valence-corrected chi connectivity index (χ1v) is 12.8.